The van der Waals surface area contributed by atoms with Crippen LogP contribution in [0.1, 0.15) is 5.56 Å². The van der Waals surface area contributed by atoms with E-state index in [2.05, 4.69) is 4.98 Å². The van der Waals surface area contributed by atoms with Gasteiger partial charge in [0.15, 0.2) is 11.6 Å². The van der Waals surface area contributed by atoms with Crippen molar-refractivity contribution < 1.29 is 22.3 Å². The Labute approximate surface area is 128 Å². The first kappa shape index (κ1) is 15.1. The van der Waals surface area contributed by atoms with Gasteiger partial charge in [0, 0.05) is 22.7 Å². The Kier molecular flexibility index (Phi) is 3.55. The highest BCUT2D eigenvalue weighted by Crippen LogP contribution is 2.36. The molecule has 23 heavy (non-hydrogen) atoms. The lowest BCUT2D eigenvalue weighted by molar-refractivity contribution is -0.137. The molecule has 0 atom stereocenters. The quantitative estimate of drug-likeness (QED) is 0.546. The minimum Gasteiger partial charge on any atom is -0.435 e. The van der Waals surface area contributed by atoms with Crippen LogP contribution < -0.4 is 10.5 Å². The first-order chi connectivity index (χ1) is 10.9. The Morgan fingerprint density at radius 3 is 2.52 bits per heavy atom. The summed E-state index contributed by atoms with van der Waals surface area (Å²) in [7, 11) is 0. The monoisotopic (exact) mass is 322 g/mol. The average molecular weight is 322 g/mol. The Bertz CT molecular complexity index is 878. The molecular formula is C16H10F4N2O. The number of pyridine rings is 1. The standard InChI is InChI=1S/C16H10F4N2O/c17-12-5-4-9(16(18,19)20)8-14(12)23-15-11-2-1-3-13(21)10(11)6-7-22-15/h1-8H,21H2. The second-order valence-corrected chi connectivity index (χ2v) is 4.80. The maximum Gasteiger partial charge on any atom is 0.416 e. The van der Waals surface area contributed by atoms with Gasteiger partial charge in [0.05, 0.1) is 5.56 Å². The number of rotatable bonds is 2. The largest absolute Gasteiger partial charge is 0.435 e. The van der Waals surface area contributed by atoms with Crippen LogP contribution in [-0.2, 0) is 6.18 Å². The Hall–Kier alpha value is -2.83. The number of hydrogen-bond acceptors (Lipinski definition) is 3. The summed E-state index contributed by atoms with van der Waals surface area (Å²) in [6.07, 6.45) is -3.21. The van der Waals surface area contributed by atoms with Gasteiger partial charge in [-0.05, 0) is 36.4 Å². The summed E-state index contributed by atoms with van der Waals surface area (Å²) in [5, 5.41) is 1.09. The molecule has 0 radical (unpaired) electrons. The molecule has 0 saturated carbocycles. The predicted molar refractivity (Wildman–Crippen MR) is 77.6 cm³/mol. The van der Waals surface area contributed by atoms with Crippen molar-refractivity contribution in [3.63, 3.8) is 0 Å². The highest BCUT2D eigenvalue weighted by molar-refractivity contribution is 5.95. The smallest absolute Gasteiger partial charge is 0.416 e. The summed E-state index contributed by atoms with van der Waals surface area (Å²) < 4.78 is 57.3. The molecule has 0 fully saturated rings. The molecule has 1 heterocycles. The molecule has 0 amide bonds. The van der Waals surface area contributed by atoms with E-state index in [1.54, 1.807) is 24.3 Å². The molecule has 3 nitrogen and oxygen atoms in total. The molecule has 2 aromatic carbocycles. The molecular weight excluding hydrogens is 312 g/mol. The van der Waals surface area contributed by atoms with E-state index in [4.69, 9.17) is 10.5 Å². The van der Waals surface area contributed by atoms with Crippen LogP contribution in [0, 0.1) is 5.82 Å². The van der Waals surface area contributed by atoms with Gasteiger partial charge in [-0.25, -0.2) is 9.37 Å². The van der Waals surface area contributed by atoms with E-state index in [0.717, 1.165) is 0 Å². The van der Waals surface area contributed by atoms with Crippen molar-refractivity contribution in [2.24, 2.45) is 0 Å². The lowest BCUT2D eigenvalue weighted by Crippen LogP contribution is -2.05. The molecule has 1 aromatic heterocycles. The van der Waals surface area contributed by atoms with Gasteiger partial charge in [-0.1, -0.05) is 6.07 Å². The number of hydrogen-bond donors (Lipinski definition) is 1. The van der Waals surface area contributed by atoms with Crippen molar-refractivity contribution in [3.8, 4) is 11.6 Å². The van der Waals surface area contributed by atoms with Crippen molar-refractivity contribution in [1.29, 1.82) is 0 Å². The number of anilines is 1. The van der Waals surface area contributed by atoms with E-state index in [0.29, 0.717) is 34.7 Å². The highest BCUT2D eigenvalue weighted by atomic mass is 19.4. The lowest BCUT2D eigenvalue weighted by Gasteiger charge is -2.12. The summed E-state index contributed by atoms with van der Waals surface area (Å²) in [5.41, 5.74) is 5.28. The van der Waals surface area contributed by atoms with E-state index in [9.17, 15) is 17.6 Å². The summed E-state index contributed by atoms with van der Waals surface area (Å²) in [6.45, 7) is 0. The molecule has 0 bridgehead atoms. The molecule has 0 aliphatic rings. The fourth-order valence-corrected chi connectivity index (χ4v) is 2.15. The number of aromatic nitrogens is 1. The Morgan fingerprint density at radius 1 is 1.00 bits per heavy atom. The topological polar surface area (TPSA) is 48.1 Å². The zero-order chi connectivity index (χ0) is 16.6. The first-order valence-electron chi connectivity index (χ1n) is 6.54. The van der Waals surface area contributed by atoms with Gasteiger partial charge >= 0.3 is 6.18 Å². The minimum absolute atomic E-state index is 0.0203. The molecule has 0 aliphatic heterocycles. The third kappa shape index (κ3) is 2.90. The lowest BCUT2D eigenvalue weighted by atomic mass is 10.1. The molecule has 0 spiro atoms. The third-order valence-electron chi connectivity index (χ3n) is 3.27. The second kappa shape index (κ2) is 5.42. The van der Waals surface area contributed by atoms with Crippen LogP contribution in [0.15, 0.2) is 48.7 Å². The van der Waals surface area contributed by atoms with Gasteiger partial charge in [-0.2, -0.15) is 13.2 Å². The maximum atomic E-state index is 13.8. The highest BCUT2D eigenvalue weighted by Gasteiger charge is 2.31. The van der Waals surface area contributed by atoms with Crippen LogP contribution in [0.3, 0.4) is 0 Å². The molecule has 0 aliphatic carbocycles. The number of nitrogens with two attached hydrogens (primary N) is 1. The Balaban J connectivity index is 2.08. The SMILES string of the molecule is Nc1cccc2c(Oc3cc(C(F)(F)F)ccc3F)nccc12. The number of ether oxygens (including phenoxy) is 1. The number of nitrogen functional groups attached to an aromatic ring is 1. The van der Waals surface area contributed by atoms with Crippen molar-refractivity contribution in [2.45, 2.75) is 6.18 Å². The van der Waals surface area contributed by atoms with Crippen molar-refractivity contribution in [1.82, 2.24) is 4.98 Å². The van der Waals surface area contributed by atoms with Crippen LogP contribution in [-0.4, -0.2) is 4.98 Å². The third-order valence-corrected chi connectivity index (χ3v) is 3.27. The zero-order valence-corrected chi connectivity index (χ0v) is 11.6. The number of halogens is 4. The van der Waals surface area contributed by atoms with Crippen LogP contribution in [0.4, 0.5) is 23.2 Å². The average Bonchev–Trinajstić information content (AvgIpc) is 2.49. The van der Waals surface area contributed by atoms with Gasteiger partial charge in [-0.15, -0.1) is 0 Å². The summed E-state index contributed by atoms with van der Waals surface area (Å²) >= 11 is 0. The second-order valence-electron chi connectivity index (χ2n) is 4.80. The molecule has 3 aromatic rings. The Morgan fingerprint density at radius 2 is 1.78 bits per heavy atom. The van der Waals surface area contributed by atoms with Crippen LogP contribution in [0.25, 0.3) is 10.8 Å². The van der Waals surface area contributed by atoms with Gasteiger partial charge < -0.3 is 10.5 Å². The zero-order valence-electron chi connectivity index (χ0n) is 11.6. The van der Waals surface area contributed by atoms with Crippen molar-refractivity contribution >= 4 is 16.5 Å². The maximum absolute atomic E-state index is 13.8. The molecule has 0 unspecified atom stereocenters. The first-order valence-corrected chi connectivity index (χ1v) is 6.54. The normalized spacial score (nSPS) is 11.7. The molecule has 3 rings (SSSR count). The minimum atomic E-state index is -4.59. The van der Waals surface area contributed by atoms with E-state index in [-0.39, 0.29) is 5.88 Å². The number of alkyl halides is 3. The molecule has 0 saturated heterocycles. The molecule has 2 N–H and O–H groups in total. The van der Waals surface area contributed by atoms with E-state index < -0.39 is 23.3 Å². The predicted octanol–water partition coefficient (Wildman–Crippen LogP) is 4.77. The fraction of sp³-hybridized carbons (Fsp3) is 0.0625. The van der Waals surface area contributed by atoms with Gasteiger partial charge in [-0.3, -0.25) is 0 Å². The fourth-order valence-electron chi connectivity index (χ4n) is 2.15. The van der Waals surface area contributed by atoms with Gasteiger partial charge in [0.1, 0.15) is 0 Å². The van der Waals surface area contributed by atoms with Gasteiger partial charge in [0.2, 0.25) is 5.88 Å². The molecule has 118 valence electrons. The van der Waals surface area contributed by atoms with Gasteiger partial charge in [0.25, 0.3) is 0 Å². The number of benzene rings is 2. The van der Waals surface area contributed by atoms with E-state index in [1.807, 2.05) is 0 Å². The number of nitrogens with zero attached hydrogens (tertiary/aromatic N) is 1. The summed E-state index contributed by atoms with van der Waals surface area (Å²) in [5.74, 6) is -1.49. The van der Waals surface area contributed by atoms with Crippen LogP contribution in [0.2, 0.25) is 0 Å². The number of fused-ring (bicyclic) bond motifs is 1. The van der Waals surface area contributed by atoms with Crippen molar-refractivity contribution in [3.05, 3.63) is 60.0 Å². The summed E-state index contributed by atoms with van der Waals surface area (Å²) in [6, 6.07) is 8.54. The van der Waals surface area contributed by atoms with E-state index >= 15 is 0 Å². The molecule has 7 heteroatoms. The van der Waals surface area contributed by atoms with Crippen molar-refractivity contribution in [2.75, 3.05) is 5.73 Å². The van der Waals surface area contributed by atoms with E-state index in [1.165, 1.54) is 6.20 Å². The summed E-state index contributed by atoms with van der Waals surface area (Å²) in [4.78, 5) is 3.95. The van der Waals surface area contributed by atoms with Crippen LogP contribution in [0.5, 0.6) is 11.6 Å². The van der Waals surface area contributed by atoms with Crippen LogP contribution >= 0.6 is 0 Å².